The van der Waals surface area contributed by atoms with Crippen molar-refractivity contribution in [1.82, 2.24) is 19.9 Å². The molecule has 9 heteroatoms. The van der Waals surface area contributed by atoms with Crippen LogP contribution in [-0.2, 0) is 19.3 Å². The van der Waals surface area contributed by atoms with E-state index < -0.39 is 11.7 Å². The molecular weight excluding hydrogens is 239 g/mol. The Morgan fingerprint density at radius 3 is 2.71 bits per heavy atom. The second kappa shape index (κ2) is 4.17. The third-order valence-electron chi connectivity index (χ3n) is 1.95. The molecule has 0 aliphatic carbocycles. The highest BCUT2D eigenvalue weighted by Crippen LogP contribution is 2.28. The summed E-state index contributed by atoms with van der Waals surface area (Å²) in [4.78, 5) is 3.85. The average molecular weight is 247 g/mol. The fourth-order valence-corrected chi connectivity index (χ4v) is 1.18. The summed E-state index contributed by atoms with van der Waals surface area (Å²) in [5, 5.41) is 7.10. The molecule has 0 aliphatic rings. The van der Waals surface area contributed by atoms with E-state index in [1.54, 1.807) is 0 Å². The Labute approximate surface area is 93.2 Å². The summed E-state index contributed by atoms with van der Waals surface area (Å²) in [6.45, 7) is 0.0828. The van der Waals surface area contributed by atoms with E-state index in [-0.39, 0.29) is 24.8 Å². The first kappa shape index (κ1) is 11.6. The molecule has 0 fully saturated rings. The molecule has 0 spiro atoms. The van der Waals surface area contributed by atoms with Gasteiger partial charge in [-0.15, -0.1) is 0 Å². The van der Waals surface area contributed by atoms with Crippen molar-refractivity contribution < 1.29 is 17.7 Å². The number of nitrogens with two attached hydrogens (primary N) is 1. The molecule has 0 aromatic carbocycles. The van der Waals surface area contributed by atoms with Crippen LogP contribution in [0.25, 0.3) is 0 Å². The van der Waals surface area contributed by atoms with Crippen molar-refractivity contribution in [1.29, 1.82) is 0 Å². The van der Waals surface area contributed by atoms with E-state index in [2.05, 4.69) is 15.2 Å². The molecule has 2 aromatic heterocycles. The van der Waals surface area contributed by atoms with E-state index in [4.69, 9.17) is 10.3 Å². The topological polar surface area (TPSA) is 82.8 Å². The molecule has 0 unspecified atom stereocenters. The zero-order chi connectivity index (χ0) is 12.5. The summed E-state index contributed by atoms with van der Waals surface area (Å²) in [7, 11) is 0. The van der Waals surface area contributed by atoms with Crippen molar-refractivity contribution in [2.45, 2.75) is 19.3 Å². The lowest BCUT2D eigenvalue weighted by Gasteiger charge is -2.00. The molecule has 2 heterocycles. The lowest BCUT2D eigenvalue weighted by atomic mass is 10.4. The number of alkyl halides is 3. The van der Waals surface area contributed by atoms with Crippen LogP contribution in [0.2, 0.25) is 0 Å². The molecule has 6 nitrogen and oxygen atoms in total. The molecular formula is C8H8F3N5O. The number of hydrogen-bond acceptors (Lipinski definition) is 5. The maximum absolute atomic E-state index is 12.3. The summed E-state index contributed by atoms with van der Waals surface area (Å²) < 4.78 is 42.6. The summed E-state index contributed by atoms with van der Waals surface area (Å²) in [6, 6.07) is 0. The van der Waals surface area contributed by atoms with Crippen LogP contribution in [-0.4, -0.2) is 19.9 Å². The first-order valence-corrected chi connectivity index (χ1v) is 4.60. The molecule has 2 aromatic rings. The number of hydrogen-bond donors (Lipinski definition) is 1. The molecule has 0 bridgehead atoms. The van der Waals surface area contributed by atoms with Gasteiger partial charge in [-0.2, -0.15) is 23.3 Å². The second-order valence-corrected chi connectivity index (χ2v) is 3.23. The van der Waals surface area contributed by atoms with Gasteiger partial charge < -0.3 is 10.3 Å². The highest BCUT2D eigenvalue weighted by Gasteiger charge is 2.32. The third kappa shape index (κ3) is 2.61. The van der Waals surface area contributed by atoms with Crippen LogP contribution < -0.4 is 5.73 Å². The van der Waals surface area contributed by atoms with Gasteiger partial charge in [0.2, 0.25) is 5.89 Å². The number of halogens is 3. The quantitative estimate of drug-likeness (QED) is 0.867. The second-order valence-electron chi connectivity index (χ2n) is 3.23. The fraction of sp³-hybridized carbons (Fsp3) is 0.375. The first-order chi connectivity index (χ1) is 7.99. The van der Waals surface area contributed by atoms with Gasteiger partial charge in [-0.1, -0.05) is 5.16 Å². The maximum Gasteiger partial charge on any atom is 0.419 e. The summed E-state index contributed by atoms with van der Waals surface area (Å²) in [5.74, 6) is 0.450. The van der Waals surface area contributed by atoms with Gasteiger partial charge in [-0.25, -0.2) is 0 Å². The number of aromatic nitrogens is 4. The molecule has 0 aliphatic heterocycles. The van der Waals surface area contributed by atoms with Crippen molar-refractivity contribution in [3.8, 4) is 0 Å². The largest absolute Gasteiger partial charge is 0.419 e. The lowest BCUT2D eigenvalue weighted by Crippen LogP contribution is -2.05. The minimum atomic E-state index is -4.40. The Bertz CT molecular complexity index is 503. The monoisotopic (exact) mass is 247 g/mol. The Balaban J connectivity index is 2.11. The zero-order valence-electron chi connectivity index (χ0n) is 8.48. The third-order valence-corrected chi connectivity index (χ3v) is 1.95. The van der Waals surface area contributed by atoms with E-state index in [1.807, 2.05) is 0 Å². The average Bonchev–Trinajstić information content (AvgIpc) is 2.86. The predicted octanol–water partition coefficient (Wildman–Crippen LogP) is 0.792. The van der Waals surface area contributed by atoms with Gasteiger partial charge in [0.15, 0.2) is 5.82 Å². The maximum atomic E-state index is 12.3. The Hall–Kier alpha value is -1.90. The van der Waals surface area contributed by atoms with Gasteiger partial charge >= 0.3 is 6.18 Å². The van der Waals surface area contributed by atoms with Crippen LogP contribution in [0.4, 0.5) is 13.2 Å². The van der Waals surface area contributed by atoms with Gasteiger partial charge in [0.25, 0.3) is 0 Å². The van der Waals surface area contributed by atoms with E-state index in [0.717, 1.165) is 17.1 Å². The highest BCUT2D eigenvalue weighted by molar-refractivity contribution is 5.08. The van der Waals surface area contributed by atoms with E-state index in [9.17, 15) is 13.2 Å². The van der Waals surface area contributed by atoms with Crippen molar-refractivity contribution in [3.63, 3.8) is 0 Å². The van der Waals surface area contributed by atoms with Gasteiger partial charge in [0.1, 0.15) is 6.54 Å². The zero-order valence-corrected chi connectivity index (χ0v) is 8.48. The van der Waals surface area contributed by atoms with Crippen LogP contribution in [0, 0.1) is 0 Å². The normalized spacial score (nSPS) is 12.0. The minimum Gasteiger partial charge on any atom is -0.338 e. The van der Waals surface area contributed by atoms with Crippen LogP contribution >= 0.6 is 0 Å². The van der Waals surface area contributed by atoms with E-state index in [1.165, 1.54) is 0 Å². The Kier molecular flexibility index (Phi) is 2.84. The molecule has 0 saturated heterocycles. The highest BCUT2D eigenvalue weighted by atomic mass is 19.4. The van der Waals surface area contributed by atoms with Crippen LogP contribution in [0.3, 0.4) is 0 Å². The van der Waals surface area contributed by atoms with Crippen LogP contribution in [0.5, 0.6) is 0 Å². The van der Waals surface area contributed by atoms with Crippen LogP contribution in [0.1, 0.15) is 17.3 Å². The van der Waals surface area contributed by atoms with E-state index in [0.29, 0.717) is 0 Å². The minimum absolute atomic E-state index is 0.000417. The summed E-state index contributed by atoms with van der Waals surface area (Å²) in [6.07, 6.45) is -2.79. The van der Waals surface area contributed by atoms with Crippen LogP contribution in [0.15, 0.2) is 16.9 Å². The summed E-state index contributed by atoms with van der Waals surface area (Å²) >= 11 is 0. The van der Waals surface area contributed by atoms with E-state index >= 15 is 0 Å². The van der Waals surface area contributed by atoms with Gasteiger partial charge in [-0.05, 0) is 0 Å². The van der Waals surface area contributed by atoms with Crippen molar-refractivity contribution in [2.24, 2.45) is 5.73 Å². The molecule has 0 saturated carbocycles. The smallest absolute Gasteiger partial charge is 0.338 e. The molecule has 0 radical (unpaired) electrons. The lowest BCUT2D eigenvalue weighted by molar-refractivity contribution is -0.137. The number of nitrogens with zero attached hydrogens (tertiary/aromatic N) is 4. The standard InChI is InChI=1S/C8H8F3N5O/c9-8(10,11)5-2-13-16(3-5)4-6-14-7(1-12)17-15-6/h2-3H,1,4,12H2. The molecule has 0 amide bonds. The first-order valence-electron chi connectivity index (χ1n) is 4.60. The Morgan fingerprint density at radius 2 is 2.18 bits per heavy atom. The molecule has 2 N–H and O–H groups in total. The SMILES string of the molecule is NCc1nc(Cn2cc(C(F)(F)F)cn2)no1. The Morgan fingerprint density at radius 1 is 1.41 bits per heavy atom. The van der Waals surface area contributed by atoms with Crippen molar-refractivity contribution in [3.05, 3.63) is 29.7 Å². The fourth-order valence-electron chi connectivity index (χ4n) is 1.18. The molecule has 0 atom stereocenters. The molecule has 2 rings (SSSR count). The van der Waals surface area contributed by atoms with Gasteiger partial charge in [0.05, 0.1) is 18.3 Å². The van der Waals surface area contributed by atoms with Gasteiger partial charge in [0, 0.05) is 6.20 Å². The number of rotatable bonds is 3. The molecule has 92 valence electrons. The van der Waals surface area contributed by atoms with Gasteiger partial charge in [-0.3, -0.25) is 4.68 Å². The molecule has 17 heavy (non-hydrogen) atoms. The summed E-state index contributed by atoms with van der Waals surface area (Å²) in [5.41, 5.74) is 4.43. The predicted molar refractivity (Wildman–Crippen MR) is 48.5 cm³/mol. The van der Waals surface area contributed by atoms with Crippen molar-refractivity contribution >= 4 is 0 Å². The van der Waals surface area contributed by atoms with Crippen molar-refractivity contribution in [2.75, 3.05) is 0 Å².